The maximum Gasteiger partial charge on any atom is 0.235 e. The Morgan fingerprint density at radius 2 is 1.77 bits per heavy atom. The van der Waals surface area contributed by atoms with E-state index >= 15 is 0 Å². The monoisotopic (exact) mass is 434 g/mol. The molecule has 1 amide bonds. The Morgan fingerprint density at radius 3 is 2.30 bits per heavy atom. The Labute approximate surface area is 177 Å². The van der Waals surface area contributed by atoms with E-state index < -0.39 is 10.0 Å². The molecule has 3 rings (SSSR count). The Hall–Kier alpha value is -2.68. The number of rotatable bonds is 7. The van der Waals surface area contributed by atoms with Crippen LogP contribution >= 0.6 is 0 Å². The predicted molar refractivity (Wildman–Crippen MR) is 115 cm³/mol. The van der Waals surface area contributed by atoms with E-state index in [9.17, 15) is 17.6 Å². The molecule has 1 aliphatic rings. The number of hydrogen-bond donors (Lipinski definition) is 0. The lowest BCUT2D eigenvalue weighted by Gasteiger charge is -2.35. The summed E-state index contributed by atoms with van der Waals surface area (Å²) in [7, 11) is -3.55. The summed E-state index contributed by atoms with van der Waals surface area (Å²) < 4.78 is 40.3. The lowest BCUT2D eigenvalue weighted by atomic mass is 10.2. The van der Waals surface area contributed by atoms with Gasteiger partial charge in [-0.1, -0.05) is 19.1 Å². The molecule has 0 bridgehead atoms. The van der Waals surface area contributed by atoms with Crippen LogP contribution in [0.5, 0.6) is 0 Å². The van der Waals surface area contributed by atoms with Gasteiger partial charge in [-0.05, 0) is 36.2 Å². The highest BCUT2D eigenvalue weighted by Crippen LogP contribution is 2.24. The first-order valence-electron chi connectivity index (χ1n) is 10.0. The van der Waals surface area contributed by atoms with Gasteiger partial charge in [-0.2, -0.15) is 0 Å². The highest BCUT2D eigenvalue weighted by atomic mass is 32.2. The van der Waals surface area contributed by atoms with Gasteiger partial charge in [0.25, 0.3) is 0 Å². The zero-order chi connectivity index (χ0) is 21.7. The molecule has 30 heavy (non-hydrogen) atoms. The van der Waals surface area contributed by atoms with E-state index in [1.807, 2.05) is 6.92 Å². The van der Waals surface area contributed by atoms with Crippen LogP contribution in [0.25, 0.3) is 0 Å². The van der Waals surface area contributed by atoms with Gasteiger partial charge in [-0.15, -0.1) is 0 Å². The molecule has 1 saturated heterocycles. The van der Waals surface area contributed by atoms with Crippen LogP contribution in [0.4, 0.5) is 15.9 Å². The molecule has 0 aliphatic carbocycles. The lowest BCUT2D eigenvalue weighted by molar-refractivity contribution is -0.129. The number of benzene rings is 1. The molecule has 2 heterocycles. The molecule has 0 unspecified atom stereocenters. The normalized spacial score (nSPS) is 14.6. The Morgan fingerprint density at radius 1 is 1.10 bits per heavy atom. The molecule has 162 valence electrons. The number of amides is 1. The smallest absolute Gasteiger partial charge is 0.235 e. The predicted octanol–water partition coefficient (Wildman–Crippen LogP) is 2.64. The molecule has 0 radical (unpaired) electrons. The average molecular weight is 435 g/mol. The number of carbonyl (C=O) groups excluding carboxylic acids is 1. The van der Waals surface area contributed by atoms with Crippen LogP contribution in [0, 0.1) is 5.82 Å². The van der Waals surface area contributed by atoms with E-state index in [0.29, 0.717) is 43.9 Å². The van der Waals surface area contributed by atoms with Crippen LogP contribution < -0.4 is 9.21 Å². The third-order valence-corrected chi connectivity index (χ3v) is 7.04. The summed E-state index contributed by atoms with van der Waals surface area (Å²) in [6.45, 7) is 6.13. The van der Waals surface area contributed by atoms with E-state index in [-0.39, 0.29) is 24.0 Å². The van der Waals surface area contributed by atoms with Crippen molar-refractivity contribution in [2.75, 3.05) is 41.1 Å². The molecule has 2 aromatic rings. The molecule has 1 aromatic carbocycles. The molecule has 0 spiro atoms. The van der Waals surface area contributed by atoms with Gasteiger partial charge in [0.05, 0.1) is 24.2 Å². The van der Waals surface area contributed by atoms with Crippen LogP contribution in [-0.2, 0) is 21.4 Å². The fraction of sp³-hybridized carbons (Fsp3) is 0.429. The topological polar surface area (TPSA) is 73.8 Å². The average Bonchev–Trinajstić information content (AvgIpc) is 2.73. The molecule has 0 saturated carbocycles. The van der Waals surface area contributed by atoms with Crippen LogP contribution in [0.15, 0.2) is 42.6 Å². The third kappa shape index (κ3) is 5.27. The summed E-state index contributed by atoms with van der Waals surface area (Å²) in [5.74, 6) is 0.466. The van der Waals surface area contributed by atoms with Crippen molar-refractivity contribution < 1.29 is 17.6 Å². The van der Waals surface area contributed by atoms with Crippen molar-refractivity contribution in [2.24, 2.45) is 0 Å². The first-order valence-corrected chi connectivity index (χ1v) is 11.6. The number of anilines is 2. The fourth-order valence-electron chi connectivity index (χ4n) is 3.44. The van der Waals surface area contributed by atoms with Crippen molar-refractivity contribution in [1.82, 2.24) is 9.88 Å². The number of pyridine rings is 1. The zero-order valence-electron chi connectivity index (χ0n) is 17.3. The van der Waals surface area contributed by atoms with Crippen LogP contribution in [0.1, 0.15) is 25.8 Å². The van der Waals surface area contributed by atoms with Gasteiger partial charge in [0.1, 0.15) is 11.6 Å². The maximum atomic E-state index is 13.2. The van der Waals surface area contributed by atoms with Gasteiger partial charge in [-0.3, -0.25) is 9.10 Å². The fourth-order valence-corrected chi connectivity index (χ4v) is 4.95. The van der Waals surface area contributed by atoms with Gasteiger partial charge < -0.3 is 9.80 Å². The van der Waals surface area contributed by atoms with Gasteiger partial charge in [0, 0.05) is 33.1 Å². The van der Waals surface area contributed by atoms with Crippen molar-refractivity contribution in [3.05, 3.63) is 54.0 Å². The van der Waals surface area contributed by atoms with Crippen molar-refractivity contribution >= 4 is 27.4 Å². The minimum Gasteiger partial charge on any atom is -0.353 e. The first kappa shape index (κ1) is 22.0. The second-order valence-corrected chi connectivity index (χ2v) is 9.33. The molecule has 1 aromatic heterocycles. The van der Waals surface area contributed by atoms with E-state index in [1.54, 1.807) is 42.3 Å². The van der Waals surface area contributed by atoms with Gasteiger partial charge in [-0.25, -0.2) is 17.8 Å². The van der Waals surface area contributed by atoms with E-state index in [4.69, 9.17) is 0 Å². The molecule has 7 nitrogen and oxygen atoms in total. The Balaban J connectivity index is 1.80. The van der Waals surface area contributed by atoms with Crippen LogP contribution in [0.2, 0.25) is 0 Å². The van der Waals surface area contributed by atoms with Crippen molar-refractivity contribution in [1.29, 1.82) is 0 Å². The number of halogens is 1. The summed E-state index contributed by atoms with van der Waals surface area (Å²) in [6, 6.07) is 9.36. The number of piperazine rings is 1. The molecular formula is C21H27FN4O3S. The second-order valence-electron chi connectivity index (χ2n) is 7.32. The molecule has 9 heteroatoms. The van der Waals surface area contributed by atoms with E-state index in [1.165, 1.54) is 16.4 Å². The number of carbonyl (C=O) groups is 1. The highest BCUT2D eigenvalue weighted by molar-refractivity contribution is 7.92. The minimum atomic E-state index is -3.55. The molecule has 0 atom stereocenters. The SMILES string of the molecule is CCCS(=O)(=O)N(Cc1ccc(F)cc1)c1ccc(N2CCN(C(C)=O)CC2)nc1. The van der Waals surface area contributed by atoms with Crippen molar-refractivity contribution in [3.8, 4) is 0 Å². The maximum absolute atomic E-state index is 13.2. The summed E-state index contributed by atoms with van der Waals surface area (Å²) in [5, 5.41) is 0. The van der Waals surface area contributed by atoms with Gasteiger partial charge >= 0.3 is 0 Å². The van der Waals surface area contributed by atoms with E-state index in [2.05, 4.69) is 9.88 Å². The van der Waals surface area contributed by atoms with Crippen molar-refractivity contribution in [3.63, 3.8) is 0 Å². The lowest BCUT2D eigenvalue weighted by Crippen LogP contribution is -2.48. The highest BCUT2D eigenvalue weighted by Gasteiger charge is 2.24. The summed E-state index contributed by atoms with van der Waals surface area (Å²) >= 11 is 0. The van der Waals surface area contributed by atoms with Crippen molar-refractivity contribution in [2.45, 2.75) is 26.8 Å². The standard InChI is InChI=1S/C21H27FN4O3S/c1-3-14-30(28,29)26(16-18-4-6-19(22)7-5-18)20-8-9-21(23-15-20)25-12-10-24(11-13-25)17(2)27/h4-9,15H,3,10-14,16H2,1-2H3. The van der Waals surface area contributed by atoms with Gasteiger partial charge in [0.2, 0.25) is 15.9 Å². The molecule has 0 N–H and O–H groups in total. The number of hydrogen-bond acceptors (Lipinski definition) is 5. The van der Waals surface area contributed by atoms with Crippen LogP contribution in [0.3, 0.4) is 0 Å². The van der Waals surface area contributed by atoms with Gasteiger partial charge in [0.15, 0.2) is 0 Å². The van der Waals surface area contributed by atoms with Crippen LogP contribution in [-0.4, -0.2) is 56.1 Å². The first-order chi connectivity index (χ1) is 14.3. The molecule has 1 fully saturated rings. The Kier molecular flexibility index (Phi) is 6.91. The Bertz CT molecular complexity index is 957. The quantitative estimate of drug-likeness (QED) is 0.670. The number of aromatic nitrogens is 1. The largest absolute Gasteiger partial charge is 0.353 e. The second kappa shape index (κ2) is 9.42. The molecular weight excluding hydrogens is 407 g/mol. The molecule has 1 aliphatic heterocycles. The summed E-state index contributed by atoms with van der Waals surface area (Å²) in [5.41, 5.74) is 1.17. The summed E-state index contributed by atoms with van der Waals surface area (Å²) in [4.78, 5) is 19.8. The minimum absolute atomic E-state index is 0.0168. The summed E-state index contributed by atoms with van der Waals surface area (Å²) in [6.07, 6.45) is 2.05. The third-order valence-electron chi connectivity index (χ3n) is 5.11. The van der Waals surface area contributed by atoms with E-state index in [0.717, 1.165) is 5.82 Å². The number of sulfonamides is 1. The number of nitrogens with zero attached hydrogens (tertiary/aromatic N) is 4. The zero-order valence-corrected chi connectivity index (χ0v) is 18.1.